The molecule has 1 heterocycles. The van der Waals surface area contributed by atoms with Crippen molar-refractivity contribution in [3.63, 3.8) is 0 Å². The summed E-state index contributed by atoms with van der Waals surface area (Å²) in [5.74, 6) is 0.658. The van der Waals surface area contributed by atoms with Gasteiger partial charge in [-0.3, -0.25) is 4.79 Å². The van der Waals surface area contributed by atoms with Crippen LogP contribution in [0.4, 0.5) is 5.69 Å². The highest BCUT2D eigenvalue weighted by Gasteiger charge is 2.33. The van der Waals surface area contributed by atoms with Gasteiger partial charge in [-0.2, -0.15) is 0 Å². The lowest BCUT2D eigenvalue weighted by atomic mass is 10.0. The quantitative estimate of drug-likeness (QED) is 0.869. The molecule has 0 unspecified atom stereocenters. The minimum atomic E-state index is -3.09. The fraction of sp³-hybridized carbons (Fsp3) is 0.316. The third-order valence-corrected chi connectivity index (χ3v) is 6.24. The second-order valence-electron chi connectivity index (χ2n) is 6.23. The normalized spacial score (nSPS) is 18.3. The summed E-state index contributed by atoms with van der Waals surface area (Å²) < 4.78 is 33.7. The molecule has 0 spiro atoms. The first-order valence-corrected chi connectivity index (χ1v) is 10.1. The summed E-state index contributed by atoms with van der Waals surface area (Å²) in [4.78, 5) is 12.4. The fourth-order valence-electron chi connectivity index (χ4n) is 3.03. The predicted octanol–water partition coefficient (Wildman–Crippen LogP) is 2.74. The van der Waals surface area contributed by atoms with Gasteiger partial charge in [-0.1, -0.05) is 12.1 Å². The van der Waals surface area contributed by atoms with Crippen LogP contribution < -0.4 is 14.8 Å². The molecule has 0 saturated carbocycles. The molecular weight excluding hydrogens is 354 g/mol. The highest BCUT2D eigenvalue weighted by molar-refractivity contribution is 7.91. The molecule has 26 heavy (non-hydrogen) atoms. The van der Waals surface area contributed by atoms with Crippen LogP contribution in [0.3, 0.4) is 0 Å². The molecule has 1 N–H and O–H groups in total. The van der Waals surface area contributed by atoms with E-state index >= 15 is 0 Å². The second kappa shape index (κ2) is 7.37. The molecular formula is C19H21NO5S. The van der Waals surface area contributed by atoms with Crippen LogP contribution in [0.5, 0.6) is 11.5 Å². The Bertz CT molecular complexity index is 906. The lowest BCUT2D eigenvalue weighted by molar-refractivity contribution is -0.119. The Morgan fingerprint density at radius 2 is 1.81 bits per heavy atom. The molecule has 1 aliphatic heterocycles. The van der Waals surface area contributed by atoms with Crippen molar-refractivity contribution in [1.82, 2.24) is 0 Å². The molecule has 6 nitrogen and oxygen atoms in total. The van der Waals surface area contributed by atoms with E-state index in [9.17, 15) is 13.2 Å². The Labute approximate surface area is 153 Å². The van der Waals surface area contributed by atoms with Crippen LogP contribution in [0.25, 0.3) is 11.1 Å². The van der Waals surface area contributed by atoms with Crippen molar-refractivity contribution in [3.8, 4) is 22.6 Å². The van der Waals surface area contributed by atoms with Crippen LogP contribution in [-0.2, 0) is 14.6 Å². The van der Waals surface area contributed by atoms with E-state index < -0.39 is 15.8 Å². The second-order valence-corrected chi connectivity index (χ2v) is 8.46. The summed E-state index contributed by atoms with van der Waals surface area (Å²) in [5.41, 5.74) is 2.35. The maximum atomic E-state index is 12.4. The van der Waals surface area contributed by atoms with E-state index in [1.54, 1.807) is 26.4 Å². The highest BCUT2D eigenvalue weighted by Crippen LogP contribution is 2.34. The van der Waals surface area contributed by atoms with Gasteiger partial charge in [0.05, 0.1) is 31.6 Å². The Balaban J connectivity index is 1.84. The van der Waals surface area contributed by atoms with Crippen LogP contribution in [0, 0.1) is 5.92 Å². The molecule has 2 aromatic rings. The lowest BCUT2D eigenvalue weighted by Gasteiger charge is -2.14. The number of carbonyl (C=O) groups excluding carboxylic acids is 1. The van der Waals surface area contributed by atoms with Crippen molar-refractivity contribution in [2.75, 3.05) is 31.0 Å². The number of nitrogens with one attached hydrogen (secondary N) is 1. The molecule has 1 amide bonds. The van der Waals surface area contributed by atoms with E-state index in [1.807, 2.05) is 30.3 Å². The van der Waals surface area contributed by atoms with Gasteiger partial charge in [0.1, 0.15) is 11.5 Å². The van der Waals surface area contributed by atoms with Gasteiger partial charge >= 0.3 is 0 Å². The van der Waals surface area contributed by atoms with Crippen molar-refractivity contribution in [1.29, 1.82) is 0 Å². The van der Waals surface area contributed by atoms with Crippen molar-refractivity contribution in [2.24, 2.45) is 5.92 Å². The minimum Gasteiger partial charge on any atom is -0.497 e. The molecule has 3 rings (SSSR count). The monoisotopic (exact) mass is 375 g/mol. The Morgan fingerprint density at radius 3 is 2.38 bits per heavy atom. The van der Waals surface area contributed by atoms with Crippen LogP contribution in [-0.4, -0.2) is 40.1 Å². The van der Waals surface area contributed by atoms with Crippen molar-refractivity contribution < 1.29 is 22.7 Å². The average Bonchev–Trinajstić information content (AvgIpc) is 3.02. The number of rotatable bonds is 5. The summed E-state index contributed by atoms with van der Waals surface area (Å²) in [7, 11) is 0.0995. The predicted molar refractivity (Wildman–Crippen MR) is 100 cm³/mol. The van der Waals surface area contributed by atoms with E-state index in [0.29, 0.717) is 17.9 Å². The molecule has 0 bridgehead atoms. The third-order valence-electron chi connectivity index (χ3n) is 4.47. The van der Waals surface area contributed by atoms with Gasteiger partial charge in [0.2, 0.25) is 5.91 Å². The third kappa shape index (κ3) is 3.99. The highest BCUT2D eigenvalue weighted by atomic mass is 32.2. The number of benzene rings is 2. The summed E-state index contributed by atoms with van der Waals surface area (Å²) in [6.07, 6.45) is 0.371. The molecule has 0 radical (unpaired) electrons. The van der Waals surface area contributed by atoms with Gasteiger partial charge in [0.25, 0.3) is 0 Å². The van der Waals surface area contributed by atoms with Gasteiger partial charge < -0.3 is 14.8 Å². The van der Waals surface area contributed by atoms with E-state index in [0.717, 1.165) is 16.9 Å². The van der Waals surface area contributed by atoms with E-state index in [-0.39, 0.29) is 17.4 Å². The number of amides is 1. The zero-order valence-electron chi connectivity index (χ0n) is 14.7. The zero-order valence-corrected chi connectivity index (χ0v) is 15.5. The van der Waals surface area contributed by atoms with Gasteiger partial charge in [0, 0.05) is 11.3 Å². The first-order chi connectivity index (χ1) is 12.4. The van der Waals surface area contributed by atoms with Crippen LogP contribution in [0.15, 0.2) is 42.5 Å². The first-order valence-electron chi connectivity index (χ1n) is 8.25. The van der Waals surface area contributed by atoms with Gasteiger partial charge in [-0.25, -0.2) is 8.42 Å². The van der Waals surface area contributed by atoms with Crippen molar-refractivity contribution in [3.05, 3.63) is 42.5 Å². The topological polar surface area (TPSA) is 81.7 Å². The number of sulfone groups is 1. The maximum absolute atomic E-state index is 12.4. The molecule has 1 atom stereocenters. The number of ether oxygens (including phenoxy) is 2. The largest absolute Gasteiger partial charge is 0.497 e. The molecule has 138 valence electrons. The molecule has 2 aromatic carbocycles. The first kappa shape index (κ1) is 18.3. The standard InChI is InChI=1S/C19H21NO5S/c1-24-16-6-3-13(4-7-16)17-11-15(5-8-18(17)25-2)20-19(21)14-9-10-26(22,23)12-14/h3-8,11,14H,9-10,12H2,1-2H3,(H,20,21)/t14-/m0/s1. The van der Waals surface area contributed by atoms with E-state index in [1.165, 1.54) is 0 Å². The Morgan fingerprint density at radius 1 is 1.08 bits per heavy atom. The Hall–Kier alpha value is -2.54. The summed E-state index contributed by atoms with van der Waals surface area (Å²) in [6.45, 7) is 0. The van der Waals surface area contributed by atoms with E-state index in [4.69, 9.17) is 9.47 Å². The molecule has 1 fully saturated rings. The summed E-state index contributed by atoms with van der Waals surface area (Å²) in [6, 6.07) is 12.9. The van der Waals surface area contributed by atoms with Crippen LogP contribution in [0.1, 0.15) is 6.42 Å². The fourth-order valence-corrected chi connectivity index (χ4v) is 4.77. The summed E-state index contributed by atoms with van der Waals surface area (Å²) >= 11 is 0. The number of hydrogen-bond donors (Lipinski definition) is 1. The van der Waals surface area contributed by atoms with Crippen LogP contribution in [0.2, 0.25) is 0 Å². The smallest absolute Gasteiger partial charge is 0.228 e. The SMILES string of the molecule is COc1ccc(-c2cc(NC(=O)[C@H]3CCS(=O)(=O)C3)ccc2OC)cc1. The minimum absolute atomic E-state index is 0.0742. The van der Waals surface area contributed by atoms with Crippen LogP contribution >= 0.6 is 0 Å². The number of carbonyl (C=O) groups is 1. The van der Waals surface area contributed by atoms with Gasteiger partial charge in [0.15, 0.2) is 9.84 Å². The summed E-state index contributed by atoms with van der Waals surface area (Å²) in [5, 5.41) is 2.82. The molecule has 1 saturated heterocycles. The molecule has 1 aliphatic rings. The van der Waals surface area contributed by atoms with Gasteiger partial charge in [-0.15, -0.1) is 0 Å². The number of methoxy groups -OCH3 is 2. The van der Waals surface area contributed by atoms with E-state index in [2.05, 4.69) is 5.32 Å². The number of anilines is 1. The maximum Gasteiger partial charge on any atom is 0.228 e. The number of hydrogen-bond acceptors (Lipinski definition) is 5. The Kier molecular flexibility index (Phi) is 5.18. The molecule has 0 aliphatic carbocycles. The van der Waals surface area contributed by atoms with Crippen molar-refractivity contribution in [2.45, 2.75) is 6.42 Å². The lowest BCUT2D eigenvalue weighted by Crippen LogP contribution is -2.23. The van der Waals surface area contributed by atoms with Gasteiger partial charge in [-0.05, 0) is 42.3 Å². The average molecular weight is 375 g/mol. The molecule has 7 heteroatoms. The zero-order chi connectivity index (χ0) is 18.7. The van der Waals surface area contributed by atoms with Crippen molar-refractivity contribution >= 4 is 21.4 Å². The molecule has 0 aromatic heterocycles.